The van der Waals surface area contributed by atoms with Gasteiger partial charge in [0.25, 0.3) is 5.89 Å². The summed E-state index contributed by atoms with van der Waals surface area (Å²) in [5.41, 5.74) is 3.93. The third kappa shape index (κ3) is 3.51. The molecule has 0 bridgehead atoms. The van der Waals surface area contributed by atoms with Gasteiger partial charge in [-0.25, -0.2) is 0 Å². The molecule has 120 valence electrons. The van der Waals surface area contributed by atoms with E-state index in [1.54, 1.807) is 11.3 Å². The number of aryl methyl sites for hydroxylation is 2. The van der Waals surface area contributed by atoms with Crippen LogP contribution in [0.25, 0.3) is 10.8 Å². The first-order valence-electron chi connectivity index (χ1n) is 7.68. The molecule has 0 radical (unpaired) electrons. The van der Waals surface area contributed by atoms with Crippen molar-refractivity contribution in [3.63, 3.8) is 0 Å². The molecule has 0 aliphatic heterocycles. The summed E-state index contributed by atoms with van der Waals surface area (Å²) in [5, 5.41) is 10.4. The molecule has 4 nitrogen and oxygen atoms in total. The molecule has 0 amide bonds. The van der Waals surface area contributed by atoms with E-state index < -0.39 is 0 Å². The van der Waals surface area contributed by atoms with Crippen LogP contribution in [0.1, 0.15) is 35.5 Å². The Labute approximate surface area is 140 Å². The van der Waals surface area contributed by atoms with Crippen LogP contribution in [-0.2, 0) is 6.54 Å². The normalized spacial score (nSPS) is 12.7. The lowest BCUT2D eigenvalue weighted by molar-refractivity contribution is 0.217. The zero-order chi connectivity index (χ0) is 16.4. The molecule has 2 heterocycles. The minimum Gasteiger partial charge on any atom is -0.418 e. The number of hydrogen-bond acceptors (Lipinski definition) is 5. The Bertz CT molecular complexity index is 779. The topological polar surface area (TPSA) is 42.2 Å². The van der Waals surface area contributed by atoms with Crippen LogP contribution >= 0.6 is 11.3 Å². The van der Waals surface area contributed by atoms with Crippen molar-refractivity contribution in [3.8, 4) is 10.8 Å². The summed E-state index contributed by atoms with van der Waals surface area (Å²) in [6, 6.07) is 10.6. The van der Waals surface area contributed by atoms with Crippen molar-refractivity contribution in [2.75, 3.05) is 7.05 Å². The van der Waals surface area contributed by atoms with Crippen LogP contribution in [-0.4, -0.2) is 22.1 Å². The fourth-order valence-corrected chi connectivity index (χ4v) is 3.16. The first-order chi connectivity index (χ1) is 11.0. The fourth-order valence-electron chi connectivity index (χ4n) is 2.52. The van der Waals surface area contributed by atoms with Gasteiger partial charge in [-0.15, -0.1) is 21.5 Å². The molecule has 0 fully saturated rings. The average Bonchev–Trinajstić information content (AvgIpc) is 3.19. The lowest BCUT2D eigenvalue weighted by Gasteiger charge is -2.22. The lowest BCUT2D eigenvalue weighted by atomic mass is 10.1. The monoisotopic (exact) mass is 327 g/mol. The van der Waals surface area contributed by atoms with Crippen molar-refractivity contribution in [2.45, 2.75) is 33.4 Å². The fraction of sp³-hybridized carbons (Fsp3) is 0.333. The summed E-state index contributed by atoms with van der Waals surface area (Å²) in [7, 11) is 2.08. The molecule has 2 aromatic heterocycles. The third-order valence-electron chi connectivity index (χ3n) is 4.11. The Morgan fingerprint density at radius 3 is 2.74 bits per heavy atom. The van der Waals surface area contributed by atoms with E-state index >= 15 is 0 Å². The van der Waals surface area contributed by atoms with Crippen molar-refractivity contribution in [1.82, 2.24) is 15.1 Å². The molecule has 0 aliphatic carbocycles. The molecule has 0 spiro atoms. The predicted molar refractivity (Wildman–Crippen MR) is 93.4 cm³/mol. The Morgan fingerprint density at radius 1 is 1.22 bits per heavy atom. The van der Waals surface area contributed by atoms with E-state index in [0.717, 1.165) is 11.4 Å². The van der Waals surface area contributed by atoms with Crippen LogP contribution in [0.2, 0.25) is 0 Å². The maximum atomic E-state index is 5.84. The summed E-state index contributed by atoms with van der Waals surface area (Å²) in [6.07, 6.45) is 0. The van der Waals surface area contributed by atoms with Crippen molar-refractivity contribution in [3.05, 3.63) is 58.3 Å². The molecule has 0 unspecified atom stereocenters. The largest absolute Gasteiger partial charge is 0.418 e. The highest BCUT2D eigenvalue weighted by molar-refractivity contribution is 7.13. The highest BCUT2D eigenvalue weighted by atomic mass is 32.1. The van der Waals surface area contributed by atoms with E-state index in [2.05, 4.69) is 61.1 Å². The van der Waals surface area contributed by atoms with E-state index in [1.807, 2.05) is 17.5 Å². The molecule has 1 atom stereocenters. The minimum absolute atomic E-state index is 0.0666. The number of hydrogen-bond donors (Lipinski definition) is 0. The van der Waals surface area contributed by atoms with Gasteiger partial charge in [-0.2, -0.15) is 0 Å². The van der Waals surface area contributed by atoms with E-state index in [1.165, 1.54) is 16.7 Å². The predicted octanol–water partition coefficient (Wildman–Crippen LogP) is 4.61. The highest BCUT2D eigenvalue weighted by Crippen LogP contribution is 2.27. The Balaban J connectivity index is 1.73. The molecule has 0 saturated carbocycles. The molecule has 5 heteroatoms. The zero-order valence-corrected chi connectivity index (χ0v) is 14.7. The maximum Gasteiger partial charge on any atom is 0.257 e. The van der Waals surface area contributed by atoms with E-state index in [0.29, 0.717) is 11.8 Å². The number of nitrogens with zero attached hydrogens (tertiary/aromatic N) is 3. The molecule has 3 rings (SSSR count). The van der Waals surface area contributed by atoms with Gasteiger partial charge in [0.2, 0.25) is 5.89 Å². The summed E-state index contributed by atoms with van der Waals surface area (Å²) in [6.45, 7) is 7.22. The lowest BCUT2D eigenvalue weighted by Crippen LogP contribution is -2.22. The first kappa shape index (κ1) is 15.9. The average molecular weight is 327 g/mol. The van der Waals surface area contributed by atoms with Crippen molar-refractivity contribution in [2.24, 2.45) is 0 Å². The Kier molecular flexibility index (Phi) is 4.59. The SMILES string of the molecule is Cc1ccc(CN(C)[C@@H](C)c2nnc(-c3cccs3)o2)c(C)c1. The first-order valence-corrected chi connectivity index (χ1v) is 8.56. The van der Waals surface area contributed by atoms with Gasteiger partial charge in [0, 0.05) is 6.54 Å². The molecule has 0 N–H and O–H groups in total. The van der Waals surface area contributed by atoms with Crippen LogP contribution in [0.15, 0.2) is 40.1 Å². The Morgan fingerprint density at radius 2 is 2.04 bits per heavy atom. The number of rotatable bonds is 5. The van der Waals surface area contributed by atoms with Gasteiger partial charge in [-0.1, -0.05) is 29.8 Å². The second-order valence-electron chi connectivity index (χ2n) is 5.94. The van der Waals surface area contributed by atoms with Crippen LogP contribution in [0, 0.1) is 13.8 Å². The van der Waals surface area contributed by atoms with E-state index in [9.17, 15) is 0 Å². The highest BCUT2D eigenvalue weighted by Gasteiger charge is 2.20. The van der Waals surface area contributed by atoms with Gasteiger partial charge in [0.15, 0.2) is 0 Å². The second kappa shape index (κ2) is 6.64. The van der Waals surface area contributed by atoms with Crippen LogP contribution < -0.4 is 0 Å². The van der Waals surface area contributed by atoms with Crippen molar-refractivity contribution >= 4 is 11.3 Å². The molecule has 0 aliphatic rings. The maximum absolute atomic E-state index is 5.84. The summed E-state index contributed by atoms with van der Waals surface area (Å²) in [5.74, 6) is 1.25. The summed E-state index contributed by atoms with van der Waals surface area (Å²) < 4.78 is 5.84. The van der Waals surface area contributed by atoms with Crippen LogP contribution in [0.3, 0.4) is 0 Å². The van der Waals surface area contributed by atoms with Gasteiger partial charge >= 0.3 is 0 Å². The minimum atomic E-state index is 0.0666. The van der Waals surface area contributed by atoms with Crippen LogP contribution in [0.4, 0.5) is 0 Å². The molecular weight excluding hydrogens is 306 g/mol. The number of aromatic nitrogens is 2. The van der Waals surface area contributed by atoms with E-state index in [4.69, 9.17) is 4.42 Å². The van der Waals surface area contributed by atoms with Crippen molar-refractivity contribution < 1.29 is 4.42 Å². The smallest absolute Gasteiger partial charge is 0.257 e. The summed E-state index contributed by atoms with van der Waals surface area (Å²) in [4.78, 5) is 3.23. The van der Waals surface area contributed by atoms with E-state index in [-0.39, 0.29) is 6.04 Å². The van der Waals surface area contributed by atoms with Gasteiger partial charge < -0.3 is 4.42 Å². The van der Waals surface area contributed by atoms with Gasteiger partial charge in [0.1, 0.15) is 0 Å². The van der Waals surface area contributed by atoms with Gasteiger partial charge in [-0.3, -0.25) is 4.90 Å². The molecule has 3 aromatic rings. The zero-order valence-electron chi connectivity index (χ0n) is 13.9. The van der Waals surface area contributed by atoms with Gasteiger partial charge in [0.05, 0.1) is 10.9 Å². The van der Waals surface area contributed by atoms with Crippen LogP contribution in [0.5, 0.6) is 0 Å². The van der Waals surface area contributed by atoms with Gasteiger partial charge in [-0.05, 0) is 50.4 Å². The molecule has 23 heavy (non-hydrogen) atoms. The quantitative estimate of drug-likeness (QED) is 0.686. The van der Waals surface area contributed by atoms with Crippen molar-refractivity contribution in [1.29, 1.82) is 0 Å². The second-order valence-corrected chi connectivity index (χ2v) is 6.89. The Hall–Kier alpha value is -1.98. The molecule has 1 aromatic carbocycles. The molecular formula is C18H21N3OS. The third-order valence-corrected chi connectivity index (χ3v) is 4.97. The number of thiophene rings is 1. The standard InChI is InChI=1S/C18H21N3OS/c1-12-7-8-15(13(2)10-12)11-21(4)14(3)17-19-20-18(22-17)16-6-5-9-23-16/h5-10,14H,11H2,1-4H3/t14-/m0/s1. The number of benzene rings is 1. The summed E-state index contributed by atoms with van der Waals surface area (Å²) >= 11 is 1.61. The molecule has 0 saturated heterocycles.